The fourth-order valence-electron chi connectivity index (χ4n) is 1.24. The minimum atomic E-state index is 0.551. The molecule has 0 amide bonds. The Bertz CT molecular complexity index is 529. The van der Waals surface area contributed by atoms with E-state index in [9.17, 15) is 0 Å². The van der Waals surface area contributed by atoms with E-state index >= 15 is 0 Å². The Morgan fingerprint density at radius 1 is 1.15 bits per heavy atom. The highest BCUT2D eigenvalue weighted by molar-refractivity contribution is 5.84. The molecule has 2 aliphatic rings. The summed E-state index contributed by atoms with van der Waals surface area (Å²) in [5, 5.41) is 7.69. The van der Waals surface area contributed by atoms with Crippen molar-refractivity contribution in [2.24, 2.45) is 0 Å². The number of hydrogen-bond donors (Lipinski definition) is 1. The number of H-pyrrole nitrogens is 1. The summed E-state index contributed by atoms with van der Waals surface area (Å²) in [5.41, 5.74) is 2.78. The van der Waals surface area contributed by atoms with Crippen LogP contribution in [0.3, 0.4) is 0 Å². The third kappa shape index (κ3) is 0.792. The third-order valence-corrected chi connectivity index (χ3v) is 1.81. The van der Waals surface area contributed by atoms with E-state index in [0.717, 1.165) is 11.2 Å². The van der Waals surface area contributed by atoms with Crippen molar-refractivity contribution in [1.82, 2.24) is 30.1 Å². The minimum absolute atomic E-state index is 0.551. The molecule has 0 bridgehead atoms. The van der Waals surface area contributed by atoms with E-state index in [1.165, 1.54) is 6.33 Å². The fraction of sp³-hybridized carbons (Fsp3) is 0. The molecule has 0 radical (unpaired) electrons. The van der Waals surface area contributed by atoms with Gasteiger partial charge in [-0.2, -0.15) is 5.10 Å². The lowest BCUT2D eigenvalue weighted by atomic mass is 10.3. The Hall–Kier alpha value is -2.11. The molecule has 0 aliphatic carbocycles. The van der Waals surface area contributed by atoms with Crippen LogP contribution >= 0.6 is 0 Å². The first-order valence-electron chi connectivity index (χ1n) is 3.70. The van der Waals surface area contributed by atoms with Crippen molar-refractivity contribution in [3.63, 3.8) is 0 Å². The van der Waals surface area contributed by atoms with Crippen LogP contribution in [-0.4, -0.2) is 30.1 Å². The number of aromatic nitrogens is 6. The van der Waals surface area contributed by atoms with Gasteiger partial charge in [0, 0.05) is 0 Å². The van der Waals surface area contributed by atoms with Crippen LogP contribution in [0.25, 0.3) is 22.6 Å². The summed E-state index contributed by atoms with van der Waals surface area (Å²) in [6, 6.07) is 0. The first-order chi connectivity index (χ1) is 6.45. The van der Waals surface area contributed by atoms with Gasteiger partial charge in [0.05, 0.1) is 12.5 Å². The Morgan fingerprint density at radius 2 is 2.15 bits per heavy atom. The smallest absolute Gasteiger partial charge is 0.201 e. The van der Waals surface area contributed by atoms with Crippen LogP contribution in [0.5, 0.6) is 0 Å². The van der Waals surface area contributed by atoms with Gasteiger partial charge in [0.15, 0.2) is 0 Å². The molecule has 6 heteroatoms. The Kier molecular flexibility index (Phi) is 1.08. The van der Waals surface area contributed by atoms with Crippen LogP contribution in [0.4, 0.5) is 0 Å². The second kappa shape index (κ2) is 2.19. The van der Waals surface area contributed by atoms with E-state index in [0.29, 0.717) is 11.3 Å². The lowest BCUT2D eigenvalue weighted by Gasteiger charge is -1.84. The topological polar surface area (TPSA) is 80.2 Å². The van der Waals surface area contributed by atoms with E-state index in [1.54, 1.807) is 12.5 Å². The normalized spacial score (nSPS) is 11.1. The lowest BCUT2D eigenvalue weighted by molar-refractivity contribution is 1.07. The molecule has 0 atom stereocenters. The van der Waals surface area contributed by atoms with E-state index in [1.807, 2.05) is 0 Å². The molecular weight excluding hydrogens is 168 g/mol. The maximum atomic E-state index is 4.10. The fourth-order valence-corrected chi connectivity index (χ4v) is 1.24. The van der Waals surface area contributed by atoms with Gasteiger partial charge in [-0.1, -0.05) is 0 Å². The monoisotopic (exact) mass is 172 g/mol. The van der Waals surface area contributed by atoms with E-state index in [-0.39, 0.29) is 0 Å². The predicted molar refractivity (Wildman–Crippen MR) is 43.9 cm³/mol. The maximum Gasteiger partial charge on any atom is 0.201 e. The van der Waals surface area contributed by atoms with Crippen LogP contribution in [0.2, 0.25) is 0 Å². The van der Waals surface area contributed by atoms with Gasteiger partial charge < -0.3 is 4.98 Å². The third-order valence-electron chi connectivity index (χ3n) is 1.81. The molecule has 0 unspecified atom stereocenters. The molecule has 0 spiro atoms. The van der Waals surface area contributed by atoms with Crippen LogP contribution in [0.1, 0.15) is 0 Å². The number of rotatable bonds is 0. The van der Waals surface area contributed by atoms with Gasteiger partial charge in [-0.15, -0.1) is 5.10 Å². The first-order valence-corrected chi connectivity index (χ1v) is 3.70. The van der Waals surface area contributed by atoms with Crippen LogP contribution in [0.15, 0.2) is 18.9 Å². The summed E-state index contributed by atoms with van der Waals surface area (Å²) in [7, 11) is 0. The van der Waals surface area contributed by atoms with Gasteiger partial charge in [-0.3, -0.25) is 0 Å². The van der Waals surface area contributed by atoms with Crippen molar-refractivity contribution in [3.05, 3.63) is 18.9 Å². The van der Waals surface area contributed by atoms with Gasteiger partial charge in [-0.05, 0) is 0 Å². The summed E-state index contributed by atoms with van der Waals surface area (Å²) in [4.78, 5) is 15.1. The lowest BCUT2D eigenvalue weighted by Crippen LogP contribution is -1.74. The number of nitrogens with one attached hydrogen (secondary N) is 1. The molecule has 1 aromatic heterocycles. The second-order valence-electron chi connectivity index (χ2n) is 2.55. The van der Waals surface area contributed by atoms with Crippen molar-refractivity contribution >= 4 is 11.2 Å². The average molecular weight is 172 g/mol. The Balaban J connectivity index is 2.58. The number of aromatic amines is 1. The Labute approximate surface area is 72.4 Å². The van der Waals surface area contributed by atoms with Crippen molar-refractivity contribution in [3.8, 4) is 11.4 Å². The molecular formula is C7H4N6. The van der Waals surface area contributed by atoms with Crippen LogP contribution < -0.4 is 0 Å². The highest BCUT2D eigenvalue weighted by Gasteiger charge is 2.10. The van der Waals surface area contributed by atoms with E-state index in [4.69, 9.17) is 0 Å². The number of hydrogen-bond acceptors (Lipinski definition) is 5. The molecule has 0 saturated heterocycles. The molecule has 2 aliphatic heterocycles. The van der Waals surface area contributed by atoms with Gasteiger partial charge in [0.2, 0.25) is 5.65 Å². The van der Waals surface area contributed by atoms with Crippen molar-refractivity contribution in [2.75, 3.05) is 0 Å². The molecule has 1 N–H and O–H groups in total. The molecule has 3 rings (SSSR count). The highest BCUT2D eigenvalue weighted by atomic mass is 15.1. The predicted octanol–water partition coefficient (Wildman–Crippen LogP) is 0.248. The van der Waals surface area contributed by atoms with Crippen molar-refractivity contribution in [1.29, 1.82) is 0 Å². The number of fused-ring (bicyclic) bond motifs is 3. The van der Waals surface area contributed by atoms with Crippen molar-refractivity contribution in [2.45, 2.75) is 0 Å². The van der Waals surface area contributed by atoms with Crippen LogP contribution in [-0.2, 0) is 0 Å². The highest BCUT2D eigenvalue weighted by Crippen LogP contribution is 2.20. The average Bonchev–Trinajstić information content (AvgIpc) is 2.72. The largest absolute Gasteiger partial charge is 0.341 e. The summed E-state index contributed by atoms with van der Waals surface area (Å²) in [5.74, 6) is 0. The minimum Gasteiger partial charge on any atom is -0.341 e. The molecule has 62 valence electrons. The van der Waals surface area contributed by atoms with Gasteiger partial charge >= 0.3 is 0 Å². The van der Waals surface area contributed by atoms with Crippen LogP contribution in [0, 0.1) is 0 Å². The second-order valence-corrected chi connectivity index (χ2v) is 2.55. The zero-order valence-electron chi connectivity index (χ0n) is 6.47. The number of nitrogens with zero attached hydrogens (tertiary/aromatic N) is 5. The quantitative estimate of drug-likeness (QED) is 0.525. The van der Waals surface area contributed by atoms with E-state index in [2.05, 4.69) is 30.1 Å². The molecule has 3 heterocycles. The molecule has 6 nitrogen and oxygen atoms in total. The zero-order valence-corrected chi connectivity index (χ0v) is 6.47. The first kappa shape index (κ1) is 6.41. The summed E-state index contributed by atoms with van der Waals surface area (Å²) >= 11 is 0. The molecule has 0 saturated carbocycles. The van der Waals surface area contributed by atoms with Crippen molar-refractivity contribution < 1.29 is 0 Å². The summed E-state index contributed by atoms with van der Waals surface area (Å²) in [6.45, 7) is 0. The summed E-state index contributed by atoms with van der Waals surface area (Å²) < 4.78 is 0. The van der Waals surface area contributed by atoms with E-state index < -0.39 is 0 Å². The molecule has 1 aromatic rings. The molecule has 0 aromatic carbocycles. The molecule has 13 heavy (non-hydrogen) atoms. The maximum absolute atomic E-state index is 4.10. The number of imidazole rings is 2. The van der Waals surface area contributed by atoms with Gasteiger partial charge in [-0.25, -0.2) is 15.0 Å². The Morgan fingerprint density at radius 3 is 3.15 bits per heavy atom. The zero-order chi connectivity index (χ0) is 8.67. The molecule has 0 fully saturated rings. The standard InChI is InChI=1S/C7H4N6/c1-4-5(9-2-8-4)6-7(13-12-1)11-3-10-6/h1-3H,(H,10,11,13). The van der Waals surface area contributed by atoms with Gasteiger partial charge in [0.1, 0.15) is 23.2 Å². The summed E-state index contributed by atoms with van der Waals surface area (Å²) in [6.07, 6.45) is 4.62. The SMILES string of the molecule is c1nc2cnnc3nc[nH]c3c-2n1. The van der Waals surface area contributed by atoms with Gasteiger partial charge in [0.25, 0.3) is 0 Å².